The van der Waals surface area contributed by atoms with Crippen molar-refractivity contribution < 1.29 is 12.8 Å². The molecule has 2 aromatic heterocycles. The maximum absolute atomic E-state index is 14.6. The predicted octanol–water partition coefficient (Wildman–Crippen LogP) is 5.01. The molecule has 162 valence electrons. The molecule has 1 N–H and O–H groups in total. The molecule has 1 atom stereocenters. The SMILES string of the molecule is C=CC(c1cccnc1)S(=O)(=O)n1cc(CNC)cc1-c1ccc(Cl)cc1F.Cl.Cl. The second kappa shape index (κ2) is 10.9. The van der Waals surface area contributed by atoms with Crippen molar-refractivity contribution in [2.24, 2.45) is 0 Å². The zero-order valence-corrected chi connectivity index (χ0v) is 19.2. The fourth-order valence-electron chi connectivity index (χ4n) is 3.00. The van der Waals surface area contributed by atoms with Gasteiger partial charge in [-0.3, -0.25) is 4.98 Å². The van der Waals surface area contributed by atoms with Crippen molar-refractivity contribution in [3.05, 3.63) is 89.6 Å². The van der Waals surface area contributed by atoms with E-state index in [1.165, 1.54) is 30.6 Å². The van der Waals surface area contributed by atoms with Gasteiger partial charge in [0.25, 0.3) is 0 Å². The van der Waals surface area contributed by atoms with Crippen LogP contribution in [0.2, 0.25) is 5.02 Å². The molecule has 0 radical (unpaired) electrons. The standard InChI is InChI=1S/C20H19ClFN3O2S.2ClH/c1-3-20(15-5-4-8-24-12-15)28(26,27)25-13-14(11-23-2)9-19(25)17-7-6-16(21)10-18(17)22;;/h3-10,12-13,20,23H,1,11H2,2H3;2*1H. The highest BCUT2D eigenvalue weighted by Crippen LogP contribution is 2.33. The highest BCUT2D eigenvalue weighted by atomic mass is 35.5. The highest BCUT2D eigenvalue weighted by Gasteiger charge is 2.29. The van der Waals surface area contributed by atoms with Crippen molar-refractivity contribution in [1.82, 2.24) is 14.3 Å². The van der Waals surface area contributed by atoms with Crippen LogP contribution in [0.3, 0.4) is 0 Å². The third-order valence-electron chi connectivity index (χ3n) is 4.25. The van der Waals surface area contributed by atoms with E-state index in [2.05, 4.69) is 16.9 Å². The lowest BCUT2D eigenvalue weighted by molar-refractivity contribution is 0.581. The Morgan fingerprint density at radius 3 is 2.60 bits per heavy atom. The third kappa shape index (κ3) is 5.22. The first-order valence-corrected chi connectivity index (χ1v) is 10.3. The molecule has 0 saturated heterocycles. The summed E-state index contributed by atoms with van der Waals surface area (Å²) in [7, 11) is -2.23. The van der Waals surface area contributed by atoms with Gasteiger partial charge in [0.1, 0.15) is 11.1 Å². The first-order valence-electron chi connectivity index (χ1n) is 8.46. The van der Waals surface area contributed by atoms with Crippen molar-refractivity contribution in [3.63, 3.8) is 0 Å². The fraction of sp³-hybridized carbons (Fsp3) is 0.150. The van der Waals surface area contributed by atoms with Gasteiger partial charge < -0.3 is 5.32 Å². The third-order valence-corrected chi connectivity index (χ3v) is 6.44. The van der Waals surface area contributed by atoms with E-state index in [0.29, 0.717) is 17.7 Å². The summed E-state index contributed by atoms with van der Waals surface area (Å²) >= 11 is 5.85. The van der Waals surface area contributed by atoms with Crippen LogP contribution in [0.25, 0.3) is 11.3 Å². The van der Waals surface area contributed by atoms with E-state index in [1.54, 1.807) is 31.4 Å². The summed E-state index contributed by atoms with van der Waals surface area (Å²) in [5, 5.41) is 2.17. The molecular formula is C20H21Cl3FN3O2S. The van der Waals surface area contributed by atoms with Crippen LogP contribution in [0.1, 0.15) is 16.4 Å². The molecule has 3 rings (SSSR count). The molecule has 10 heteroatoms. The van der Waals surface area contributed by atoms with Gasteiger partial charge in [-0.25, -0.2) is 16.8 Å². The topological polar surface area (TPSA) is 64.0 Å². The molecule has 0 aliphatic heterocycles. The van der Waals surface area contributed by atoms with Gasteiger partial charge in [-0.15, -0.1) is 31.4 Å². The minimum absolute atomic E-state index is 0. The van der Waals surface area contributed by atoms with E-state index < -0.39 is 21.1 Å². The van der Waals surface area contributed by atoms with E-state index in [1.807, 2.05) is 0 Å². The average molecular weight is 493 g/mol. The lowest BCUT2D eigenvalue weighted by Gasteiger charge is -2.17. The molecule has 0 bridgehead atoms. The van der Waals surface area contributed by atoms with E-state index in [-0.39, 0.29) is 41.1 Å². The Bertz CT molecular complexity index is 1110. The molecule has 3 aromatic rings. The molecule has 2 heterocycles. The smallest absolute Gasteiger partial charge is 0.249 e. The first-order chi connectivity index (χ1) is 13.4. The van der Waals surface area contributed by atoms with Gasteiger partial charge in [-0.05, 0) is 48.5 Å². The van der Waals surface area contributed by atoms with Crippen molar-refractivity contribution in [2.75, 3.05) is 7.05 Å². The molecule has 0 aliphatic carbocycles. The van der Waals surface area contributed by atoms with Gasteiger partial charge in [0, 0.05) is 35.7 Å². The molecule has 0 saturated carbocycles. The van der Waals surface area contributed by atoms with Crippen LogP contribution in [0, 0.1) is 5.82 Å². The van der Waals surface area contributed by atoms with Crippen LogP contribution >= 0.6 is 36.4 Å². The minimum atomic E-state index is -3.98. The first kappa shape index (κ1) is 26.1. The zero-order chi connectivity index (χ0) is 20.3. The zero-order valence-electron chi connectivity index (χ0n) is 16.0. The summed E-state index contributed by atoms with van der Waals surface area (Å²) in [5.41, 5.74) is 1.54. The average Bonchev–Trinajstić information content (AvgIpc) is 3.08. The number of hydrogen-bond donors (Lipinski definition) is 1. The highest BCUT2D eigenvalue weighted by molar-refractivity contribution is 7.90. The van der Waals surface area contributed by atoms with Crippen molar-refractivity contribution in [1.29, 1.82) is 0 Å². The lowest BCUT2D eigenvalue weighted by Crippen LogP contribution is -2.20. The quantitative estimate of drug-likeness (QED) is 0.471. The summed E-state index contributed by atoms with van der Waals surface area (Å²) in [4.78, 5) is 3.99. The van der Waals surface area contributed by atoms with Gasteiger partial charge >= 0.3 is 0 Å². The Labute approximate surface area is 192 Å². The van der Waals surface area contributed by atoms with Crippen LogP contribution in [-0.2, 0) is 16.6 Å². The number of rotatable bonds is 7. The summed E-state index contributed by atoms with van der Waals surface area (Å²) in [6, 6.07) is 9.11. The van der Waals surface area contributed by atoms with Gasteiger partial charge in [0.05, 0.1) is 5.69 Å². The lowest BCUT2D eigenvalue weighted by atomic mass is 10.1. The monoisotopic (exact) mass is 491 g/mol. The molecule has 1 unspecified atom stereocenters. The van der Waals surface area contributed by atoms with Gasteiger partial charge in [-0.1, -0.05) is 23.7 Å². The fourth-order valence-corrected chi connectivity index (χ4v) is 4.84. The second-order valence-electron chi connectivity index (χ2n) is 6.17. The van der Waals surface area contributed by atoms with Gasteiger partial charge in [0.15, 0.2) is 0 Å². The van der Waals surface area contributed by atoms with Crippen LogP contribution < -0.4 is 5.32 Å². The van der Waals surface area contributed by atoms with Crippen LogP contribution in [-0.4, -0.2) is 24.4 Å². The largest absolute Gasteiger partial charge is 0.316 e. The van der Waals surface area contributed by atoms with E-state index in [9.17, 15) is 12.8 Å². The Hall–Kier alpha value is -1.90. The number of pyridine rings is 1. The number of hydrogen-bond acceptors (Lipinski definition) is 4. The van der Waals surface area contributed by atoms with Crippen LogP contribution in [0.4, 0.5) is 4.39 Å². The number of aromatic nitrogens is 2. The van der Waals surface area contributed by atoms with Gasteiger partial charge in [0.2, 0.25) is 10.0 Å². The van der Waals surface area contributed by atoms with Crippen molar-refractivity contribution >= 4 is 46.4 Å². The maximum Gasteiger partial charge on any atom is 0.249 e. The number of halogens is 4. The normalized spacial score (nSPS) is 11.8. The number of nitrogens with zero attached hydrogens (tertiary/aromatic N) is 2. The van der Waals surface area contributed by atoms with E-state index in [0.717, 1.165) is 10.0 Å². The minimum Gasteiger partial charge on any atom is -0.316 e. The van der Waals surface area contributed by atoms with Crippen molar-refractivity contribution in [3.8, 4) is 11.3 Å². The summed E-state index contributed by atoms with van der Waals surface area (Å²) in [6.45, 7) is 4.11. The summed E-state index contributed by atoms with van der Waals surface area (Å²) in [5.74, 6) is -0.602. The summed E-state index contributed by atoms with van der Waals surface area (Å²) < 4.78 is 42.6. The van der Waals surface area contributed by atoms with Crippen LogP contribution in [0.5, 0.6) is 0 Å². The number of nitrogens with one attached hydrogen (secondary N) is 1. The molecule has 5 nitrogen and oxygen atoms in total. The van der Waals surface area contributed by atoms with Crippen LogP contribution in [0.15, 0.2) is 67.6 Å². The molecule has 1 aromatic carbocycles. The molecular weight excluding hydrogens is 472 g/mol. The Balaban J connectivity index is 0.00000225. The second-order valence-corrected chi connectivity index (χ2v) is 8.54. The van der Waals surface area contributed by atoms with E-state index in [4.69, 9.17) is 11.6 Å². The Kier molecular flexibility index (Phi) is 9.52. The maximum atomic E-state index is 14.6. The van der Waals surface area contributed by atoms with E-state index >= 15 is 0 Å². The number of benzene rings is 1. The predicted molar refractivity (Wildman–Crippen MR) is 124 cm³/mol. The molecule has 0 fully saturated rings. The Morgan fingerprint density at radius 2 is 2.03 bits per heavy atom. The Morgan fingerprint density at radius 1 is 1.30 bits per heavy atom. The molecule has 0 aliphatic rings. The summed E-state index contributed by atoms with van der Waals surface area (Å²) in [6.07, 6.45) is 5.87. The molecule has 0 spiro atoms. The molecule has 0 amide bonds. The van der Waals surface area contributed by atoms with Gasteiger partial charge in [-0.2, -0.15) is 0 Å². The molecule has 30 heavy (non-hydrogen) atoms. The van der Waals surface area contributed by atoms with Crippen molar-refractivity contribution in [2.45, 2.75) is 11.8 Å².